The average Bonchev–Trinajstić information content (AvgIpc) is 2.30. The van der Waals surface area contributed by atoms with Crippen LogP contribution < -0.4 is 10.6 Å². The second kappa shape index (κ2) is 4.84. The van der Waals surface area contributed by atoms with Gasteiger partial charge in [-0.3, -0.25) is 0 Å². The van der Waals surface area contributed by atoms with Crippen molar-refractivity contribution in [3.8, 4) is 0 Å². The number of hydrogen-bond acceptors (Lipinski definition) is 3. The maximum Gasteiger partial charge on any atom is 0.143 e. The van der Waals surface area contributed by atoms with Gasteiger partial charge in [0.1, 0.15) is 5.82 Å². The number of nitrogen functional groups attached to an aromatic ring is 1. The number of pyridine rings is 1. The smallest absolute Gasteiger partial charge is 0.143 e. The average molecular weight is 298 g/mol. The molecule has 94 valence electrons. The van der Waals surface area contributed by atoms with Gasteiger partial charge in [-0.1, -0.05) is 13.8 Å². The zero-order valence-corrected chi connectivity index (χ0v) is 12.3. The molecule has 0 aliphatic carbocycles. The Morgan fingerprint density at radius 1 is 1.41 bits per heavy atom. The minimum Gasteiger partial charge on any atom is -0.397 e. The van der Waals surface area contributed by atoms with Gasteiger partial charge in [-0.05, 0) is 46.7 Å². The van der Waals surface area contributed by atoms with Gasteiger partial charge in [0.25, 0.3) is 0 Å². The van der Waals surface area contributed by atoms with Crippen molar-refractivity contribution in [1.82, 2.24) is 4.98 Å². The van der Waals surface area contributed by atoms with Crippen molar-refractivity contribution in [1.29, 1.82) is 0 Å². The fraction of sp³-hybridized carbons (Fsp3) is 0.615. The van der Waals surface area contributed by atoms with Crippen LogP contribution in [0.2, 0.25) is 0 Å². The second-order valence-electron chi connectivity index (χ2n) is 5.17. The highest BCUT2D eigenvalue weighted by atomic mass is 79.9. The number of halogens is 1. The Kier molecular flexibility index (Phi) is 3.61. The van der Waals surface area contributed by atoms with E-state index in [0.29, 0.717) is 0 Å². The third-order valence-electron chi connectivity index (χ3n) is 3.92. The Morgan fingerprint density at radius 3 is 2.76 bits per heavy atom. The van der Waals surface area contributed by atoms with Crippen LogP contribution in [0.1, 0.15) is 25.8 Å². The molecule has 1 aromatic rings. The predicted molar refractivity (Wildman–Crippen MR) is 76.2 cm³/mol. The molecule has 2 heterocycles. The standard InChI is InChI=1S/C13H20BrN3/c1-8-4-5-17(7-9(8)2)13-12(14)10(3)11(15)6-16-13/h6,8-9H,4-5,7,15H2,1-3H3. The lowest BCUT2D eigenvalue weighted by molar-refractivity contribution is 0.322. The zero-order chi connectivity index (χ0) is 12.6. The van der Waals surface area contributed by atoms with E-state index in [-0.39, 0.29) is 0 Å². The fourth-order valence-corrected chi connectivity index (χ4v) is 2.84. The van der Waals surface area contributed by atoms with Gasteiger partial charge in [0, 0.05) is 13.1 Å². The van der Waals surface area contributed by atoms with Crippen LogP contribution in [-0.4, -0.2) is 18.1 Å². The molecule has 3 nitrogen and oxygen atoms in total. The molecule has 17 heavy (non-hydrogen) atoms. The van der Waals surface area contributed by atoms with Crippen molar-refractivity contribution >= 4 is 27.4 Å². The number of nitrogens with zero attached hydrogens (tertiary/aromatic N) is 2. The monoisotopic (exact) mass is 297 g/mol. The lowest BCUT2D eigenvalue weighted by Crippen LogP contribution is -2.39. The molecule has 2 rings (SSSR count). The highest BCUT2D eigenvalue weighted by Crippen LogP contribution is 2.33. The molecule has 2 unspecified atom stereocenters. The maximum absolute atomic E-state index is 5.86. The van der Waals surface area contributed by atoms with Crippen molar-refractivity contribution in [2.45, 2.75) is 27.2 Å². The number of anilines is 2. The van der Waals surface area contributed by atoms with E-state index in [0.717, 1.165) is 46.5 Å². The molecule has 0 spiro atoms. The summed E-state index contributed by atoms with van der Waals surface area (Å²) >= 11 is 3.62. The lowest BCUT2D eigenvalue weighted by Gasteiger charge is -2.36. The van der Waals surface area contributed by atoms with Gasteiger partial charge >= 0.3 is 0 Å². The summed E-state index contributed by atoms with van der Waals surface area (Å²) in [5.74, 6) is 2.56. The number of rotatable bonds is 1. The third-order valence-corrected chi connectivity index (χ3v) is 4.87. The van der Waals surface area contributed by atoms with E-state index in [9.17, 15) is 0 Å². The first-order valence-electron chi connectivity index (χ1n) is 6.16. The molecule has 0 saturated carbocycles. The van der Waals surface area contributed by atoms with Crippen LogP contribution in [0, 0.1) is 18.8 Å². The Balaban J connectivity index is 2.26. The molecule has 0 bridgehead atoms. The van der Waals surface area contributed by atoms with Gasteiger partial charge in [-0.15, -0.1) is 0 Å². The lowest BCUT2D eigenvalue weighted by atomic mass is 9.89. The summed E-state index contributed by atoms with van der Waals surface area (Å²) in [6, 6.07) is 0. The van der Waals surface area contributed by atoms with Gasteiger partial charge in [0.15, 0.2) is 0 Å². The normalized spacial score (nSPS) is 25.1. The van der Waals surface area contributed by atoms with Crippen LogP contribution >= 0.6 is 15.9 Å². The molecule has 1 aliphatic heterocycles. The summed E-state index contributed by atoms with van der Waals surface area (Å²) in [5, 5.41) is 0. The Bertz CT molecular complexity index is 419. The topological polar surface area (TPSA) is 42.1 Å². The molecule has 1 saturated heterocycles. The van der Waals surface area contributed by atoms with E-state index in [1.165, 1.54) is 6.42 Å². The Morgan fingerprint density at radius 2 is 2.12 bits per heavy atom. The van der Waals surface area contributed by atoms with E-state index >= 15 is 0 Å². The third kappa shape index (κ3) is 2.41. The summed E-state index contributed by atoms with van der Waals surface area (Å²) in [6.45, 7) is 8.84. The first kappa shape index (κ1) is 12.7. The molecule has 4 heteroatoms. The van der Waals surface area contributed by atoms with Crippen molar-refractivity contribution < 1.29 is 0 Å². The maximum atomic E-state index is 5.86. The summed E-state index contributed by atoms with van der Waals surface area (Å²) < 4.78 is 1.04. The molecule has 1 fully saturated rings. The van der Waals surface area contributed by atoms with Crippen LogP contribution in [0.4, 0.5) is 11.5 Å². The van der Waals surface area contributed by atoms with Gasteiger partial charge in [0.05, 0.1) is 16.4 Å². The zero-order valence-electron chi connectivity index (χ0n) is 10.7. The van der Waals surface area contributed by atoms with Crippen molar-refractivity contribution in [3.63, 3.8) is 0 Å². The summed E-state index contributed by atoms with van der Waals surface area (Å²) in [7, 11) is 0. The SMILES string of the molecule is Cc1c(N)cnc(N2CCC(C)C(C)C2)c1Br. The van der Waals surface area contributed by atoms with Crippen LogP contribution in [0.15, 0.2) is 10.7 Å². The Labute approximate surface area is 112 Å². The molecule has 0 radical (unpaired) electrons. The molecule has 1 aliphatic rings. The highest BCUT2D eigenvalue weighted by Gasteiger charge is 2.25. The van der Waals surface area contributed by atoms with E-state index in [1.54, 1.807) is 6.20 Å². The largest absolute Gasteiger partial charge is 0.397 e. The summed E-state index contributed by atoms with van der Waals surface area (Å²) in [4.78, 5) is 6.84. The van der Waals surface area contributed by atoms with Crippen molar-refractivity contribution in [3.05, 3.63) is 16.2 Å². The van der Waals surface area contributed by atoms with Crippen LogP contribution in [0.5, 0.6) is 0 Å². The summed E-state index contributed by atoms with van der Waals surface area (Å²) in [6.07, 6.45) is 3.00. The van der Waals surface area contributed by atoms with Crippen LogP contribution in [0.3, 0.4) is 0 Å². The molecule has 2 atom stereocenters. The van der Waals surface area contributed by atoms with E-state index < -0.39 is 0 Å². The van der Waals surface area contributed by atoms with Crippen molar-refractivity contribution in [2.24, 2.45) is 11.8 Å². The minimum absolute atomic E-state index is 0.718. The van der Waals surface area contributed by atoms with Crippen molar-refractivity contribution in [2.75, 3.05) is 23.7 Å². The number of hydrogen-bond donors (Lipinski definition) is 1. The van der Waals surface area contributed by atoms with Gasteiger partial charge in [-0.2, -0.15) is 0 Å². The van der Waals surface area contributed by atoms with E-state index in [4.69, 9.17) is 5.73 Å². The van der Waals surface area contributed by atoms with Gasteiger partial charge < -0.3 is 10.6 Å². The van der Waals surface area contributed by atoms with E-state index in [1.807, 2.05) is 6.92 Å². The number of aromatic nitrogens is 1. The fourth-order valence-electron chi connectivity index (χ4n) is 2.25. The molecule has 2 N–H and O–H groups in total. The Hall–Kier alpha value is -0.770. The van der Waals surface area contributed by atoms with Crippen LogP contribution in [-0.2, 0) is 0 Å². The minimum atomic E-state index is 0.718. The number of nitrogens with two attached hydrogens (primary N) is 1. The molecule has 0 amide bonds. The molecular weight excluding hydrogens is 278 g/mol. The first-order valence-corrected chi connectivity index (χ1v) is 6.95. The molecular formula is C13H20BrN3. The number of piperidine rings is 1. The van der Waals surface area contributed by atoms with Gasteiger partial charge in [0.2, 0.25) is 0 Å². The quantitative estimate of drug-likeness (QED) is 0.865. The first-order chi connectivity index (χ1) is 8.00. The van der Waals surface area contributed by atoms with Crippen LogP contribution in [0.25, 0.3) is 0 Å². The van der Waals surface area contributed by atoms with E-state index in [2.05, 4.69) is 39.7 Å². The highest BCUT2D eigenvalue weighted by molar-refractivity contribution is 9.10. The molecule has 1 aromatic heterocycles. The van der Waals surface area contributed by atoms with Gasteiger partial charge in [-0.25, -0.2) is 4.98 Å². The summed E-state index contributed by atoms with van der Waals surface area (Å²) in [5.41, 5.74) is 7.69. The predicted octanol–water partition coefficient (Wildman–Crippen LogP) is 3.22. The molecule has 0 aromatic carbocycles. The second-order valence-corrected chi connectivity index (χ2v) is 5.96.